The summed E-state index contributed by atoms with van der Waals surface area (Å²) in [6.07, 6.45) is 2.57. The van der Waals surface area contributed by atoms with E-state index in [1.54, 1.807) is 30.5 Å². The summed E-state index contributed by atoms with van der Waals surface area (Å²) in [7, 11) is 3.06. The summed E-state index contributed by atoms with van der Waals surface area (Å²) in [6, 6.07) is 5.27. The number of amides is 1. The first kappa shape index (κ1) is 23.6. The smallest absolute Gasteiger partial charge is 0.341 e. The first-order valence-electron chi connectivity index (χ1n) is 10.5. The standard InChI is InChI=1S/C23H27NO7S/c1-4-31-23(28)19-16(13-9-10-17(29-2)18(11-13)30-3)12-32-21(19)24-20(25)14-7-5-6-8-15(14)22(26)27/h9-12,14-15H,4-8H2,1-3H3,(H,24,25)(H,26,27)/t14-,15-/m1/s1. The number of carboxylic acid groups (broad SMARTS) is 1. The zero-order chi connectivity index (χ0) is 23.3. The highest BCUT2D eigenvalue weighted by Crippen LogP contribution is 2.40. The van der Waals surface area contributed by atoms with Crippen LogP contribution in [0.5, 0.6) is 11.5 Å². The fourth-order valence-corrected chi connectivity index (χ4v) is 4.98. The number of carboxylic acids is 1. The average molecular weight is 462 g/mol. The monoisotopic (exact) mass is 461 g/mol. The number of ether oxygens (including phenoxy) is 3. The number of methoxy groups -OCH3 is 2. The highest BCUT2D eigenvalue weighted by atomic mass is 32.1. The molecule has 32 heavy (non-hydrogen) atoms. The van der Waals surface area contributed by atoms with Crippen molar-refractivity contribution in [1.29, 1.82) is 0 Å². The molecule has 0 radical (unpaired) electrons. The van der Waals surface area contributed by atoms with Gasteiger partial charge in [-0.15, -0.1) is 11.3 Å². The first-order valence-corrected chi connectivity index (χ1v) is 11.3. The first-order chi connectivity index (χ1) is 15.4. The highest BCUT2D eigenvalue weighted by Gasteiger charge is 2.36. The zero-order valence-corrected chi connectivity index (χ0v) is 19.1. The van der Waals surface area contributed by atoms with Crippen LogP contribution in [0.3, 0.4) is 0 Å². The second kappa shape index (κ2) is 10.5. The van der Waals surface area contributed by atoms with Crippen molar-refractivity contribution >= 4 is 34.2 Å². The molecular weight excluding hydrogens is 434 g/mol. The maximum absolute atomic E-state index is 13.0. The van der Waals surface area contributed by atoms with Gasteiger partial charge in [-0.2, -0.15) is 0 Å². The van der Waals surface area contributed by atoms with E-state index in [1.807, 2.05) is 0 Å². The topological polar surface area (TPSA) is 111 Å². The van der Waals surface area contributed by atoms with Crippen LogP contribution in [0.2, 0.25) is 0 Å². The molecule has 3 rings (SSSR count). The largest absolute Gasteiger partial charge is 0.493 e. The van der Waals surface area contributed by atoms with Gasteiger partial charge in [0.05, 0.1) is 32.7 Å². The van der Waals surface area contributed by atoms with Crippen LogP contribution in [0, 0.1) is 11.8 Å². The Labute approximate surface area is 190 Å². The van der Waals surface area contributed by atoms with Gasteiger partial charge in [-0.05, 0) is 37.5 Å². The van der Waals surface area contributed by atoms with E-state index >= 15 is 0 Å². The van der Waals surface area contributed by atoms with Crippen LogP contribution in [0.25, 0.3) is 11.1 Å². The number of anilines is 1. The van der Waals surface area contributed by atoms with Crippen LogP contribution in [0.4, 0.5) is 5.00 Å². The SMILES string of the molecule is CCOC(=O)c1c(-c2ccc(OC)c(OC)c2)csc1NC(=O)[C@@H]1CCCC[C@H]1C(=O)O. The van der Waals surface area contributed by atoms with Crippen LogP contribution < -0.4 is 14.8 Å². The molecule has 2 atom stereocenters. The number of carbonyl (C=O) groups is 3. The summed E-state index contributed by atoms with van der Waals surface area (Å²) in [5.41, 5.74) is 1.52. The molecule has 0 saturated heterocycles. The Balaban J connectivity index is 1.97. The molecule has 1 aliphatic rings. The molecule has 2 N–H and O–H groups in total. The van der Waals surface area contributed by atoms with Crippen molar-refractivity contribution in [3.8, 4) is 22.6 Å². The molecule has 8 nitrogen and oxygen atoms in total. The summed E-state index contributed by atoms with van der Waals surface area (Å²) in [5, 5.41) is 14.4. The van der Waals surface area contributed by atoms with Gasteiger partial charge in [-0.25, -0.2) is 4.79 Å². The van der Waals surface area contributed by atoms with Gasteiger partial charge in [0.2, 0.25) is 5.91 Å². The number of carbonyl (C=O) groups excluding carboxylic acids is 2. The molecule has 1 aromatic heterocycles. The lowest BCUT2D eigenvalue weighted by Crippen LogP contribution is -2.36. The highest BCUT2D eigenvalue weighted by molar-refractivity contribution is 7.15. The lowest BCUT2D eigenvalue weighted by atomic mass is 9.79. The fraction of sp³-hybridized carbons (Fsp3) is 0.435. The van der Waals surface area contributed by atoms with E-state index in [4.69, 9.17) is 14.2 Å². The molecular formula is C23H27NO7S. The second-order valence-corrected chi connectivity index (χ2v) is 8.35. The molecule has 1 aliphatic carbocycles. The van der Waals surface area contributed by atoms with Crippen LogP contribution >= 0.6 is 11.3 Å². The minimum Gasteiger partial charge on any atom is -0.493 e. The molecule has 1 saturated carbocycles. The van der Waals surface area contributed by atoms with Gasteiger partial charge in [-0.1, -0.05) is 18.9 Å². The summed E-state index contributed by atoms with van der Waals surface area (Å²) in [5.74, 6) is -2.22. The van der Waals surface area contributed by atoms with E-state index in [1.165, 1.54) is 25.6 Å². The number of esters is 1. The van der Waals surface area contributed by atoms with Crippen LogP contribution in [-0.2, 0) is 14.3 Å². The normalized spacial score (nSPS) is 18.0. The van der Waals surface area contributed by atoms with Gasteiger partial charge in [-0.3, -0.25) is 9.59 Å². The molecule has 9 heteroatoms. The molecule has 1 amide bonds. The summed E-state index contributed by atoms with van der Waals surface area (Å²) in [6.45, 7) is 1.88. The van der Waals surface area contributed by atoms with Crippen molar-refractivity contribution in [2.75, 3.05) is 26.1 Å². The molecule has 1 aromatic carbocycles. The summed E-state index contributed by atoms with van der Waals surface area (Å²) >= 11 is 1.20. The Hall–Kier alpha value is -3.07. The third-order valence-corrected chi connectivity index (χ3v) is 6.52. The zero-order valence-electron chi connectivity index (χ0n) is 18.3. The Kier molecular flexibility index (Phi) is 7.74. The van der Waals surface area contributed by atoms with E-state index in [2.05, 4.69) is 5.32 Å². The van der Waals surface area contributed by atoms with E-state index in [0.29, 0.717) is 40.5 Å². The average Bonchev–Trinajstić information content (AvgIpc) is 3.22. The molecule has 0 unspecified atom stereocenters. The van der Waals surface area contributed by atoms with Crippen molar-refractivity contribution < 1.29 is 33.7 Å². The van der Waals surface area contributed by atoms with Crippen molar-refractivity contribution in [2.45, 2.75) is 32.6 Å². The van der Waals surface area contributed by atoms with Gasteiger partial charge in [0.1, 0.15) is 10.6 Å². The maximum atomic E-state index is 13.0. The predicted octanol–water partition coefficient (Wildman–Crippen LogP) is 4.44. The van der Waals surface area contributed by atoms with Gasteiger partial charge < -0.3 is 24.6 Å². The molecule has 172 valence electrons. The molecule has 1 fully saturated rings. The van der Waals surface area contributed by atoms with Gasteiger partial charge in [0.25, 0.3) is 0 Å². The number of benzene rings is 1. The molecule has 1 heterocycles. The Bertz CT molecular complexity index is 1000. The fourth-order valence-electron chi connectivity index (χ4n) is 4.02. The molecule has 2 aromatic rings. The van der Waals surface area contributed by atoms with Crippen molar-refractivity contribution in [3.63, 3.8) is 0 Å². The minimum atomic E-state index is -0.965. The molecule has 0 spiro atoms. The number of thiophene rings is 1. The van der Waals surface area contributed by atoms with E-state index in [0.717, 1.165) is 12.8 Å². The predicted molar refractivity (Wildman–Crippen MR) is 121 cm³/mol. The van der Waals surface area contributed by atoms with Crippen LogP contribution in [0.15, 0.2) is 23.6 Å². The minimum absolute atomic E-state index is 0.178. The quantitative estimate of drug-likeness (QED) is 0.559. The van der Waals surface area contributed by atoms with Gasteiger partial charge in [0.15, 0.2) is 11.5 Å². The number of nitrogens with one attached hydrogen (secondary N) is 1. The Morgan fingerprint density at radius 2 is 1.78 bits per heavy atom. The number of hydrogen-bond acceptors (Lipinski definition) is 7. The molecule has 0 aliphatic heterocycles. The third-order valence-electron chi connectivity index (χ3n) is 5.62. The van der Waals surface area contributed by atoms with Crippen LogP contribution in [-0.4, -0.2) is 43.8 Å². The molecule has 0 bridgehead atoms. The van der Waals surface area contributed by atoms with Crippen molar-refractivity contribution in [3.05, 3.63) is 29.1 Å². The van der Waals surface area contributed by atoms with E-state index < -0.39 is 23.8 Å². The van der Waals surface area contributed by atoms with E-state index in [-0.39, 0.29) is 18.1 Å². The summed E-state index contributed by atoms with van der Waals surface area (Å²) in [4.78, 5) is 37.4. The lowest BCUT2D eigenvalue weighted by Gasteiger charge is -2.27. The van der Waals surface area contributed by atoms with Crippen molar-refractivity contribution in [1.82, 2.24) is 0 Å². The maximum Gasteiger partial charge on any atom is 0.341 e. The van der Waals surface area contributed by atoms with Gasteiger partial charge >= 0.3 is 11.9 Å². The Morgan fingerprint density at radius 1 is 1.09 bits per heavy atom. The number of hydrogen-bond donors (Lipinski definition) is 2. The number of aliphatic carboxylic acids is 1. The van der Waals surface area contributed by atoms with Gasteiger partial charge in [0, 0.05) is 10.9 Å². The summed E-state index contributed by atoms with van der Waals surface area (Å²) < 4.78 is 15.9. The van der Waals surface area contributed by atoms with Crippen LogP contribution in [0.1, 0.15) is 43.0 Å². The number of rotatable bonds is 8. The Morgan fingerprint density at radius 3 is 2.41 bits per heavy atom. The van der Waals surface area contributed by atoms with E-state index in [9.17, 15) is 19.5 Å². The third kappa shape index (κ3) is 4.88. The second-order valence-electron chi connectivity index (χ2n) is 7.47. The van der Waals surface area contributed by atoms with Crippen molar-refractivity contribution in [2.24, 2.45) is 11.8 Å². The lowest BCUT2D eigenvalue weighted by molar-refractivity contribution is -0.147.